The van der Waals surface area contributed by atoms with Crippen molar-refractivity contribution in [2.24, 2.45) is 0 Å². The van der Waals surface area contributed by atoms with E-state index in [9.17, 15) is 9.59 Å². The van der Waals surface area contributed by atoms with Crippen molar-refractivity contribution in [3.63, 3.8) is 0 Å². The quantitative estimate of drug-likeness (QED) is 0.828. The summed E-state index contributed by atoms with van der Waals surface area (Å²) in [6.45, 7) is 6.28. The number of aromatic nitrogens is 1. The molecule has 0 saturated carbocycles. The van der Waals surface area contributed by atoms with E-state index in [1.54, 1.807) is 22.9 Å². The number of pyridine rings is 1. The Morgan fingerprint density at radius 3 is 2.19 bits per heavy atom. The summed E-state index contributed by atoms with van der Waals surface area (Å²) >= 11 is 0. The van der Waals surface area contributed by atoms with Gasteiger partial charge in [0.2, 0.25) is 0 Å². The highest BCUT2D eigenvalue weighted by atomic mass is 16.6. The van der Waals surface area contributed by atoms with Gasteiger partial charge >= 0.3 is 6.09 Å². The van der Waals surface area contributed by atoms with Gasteiger partial charge in [0, 0.05) is 45.5 Å². The molecule has 0 unspecified atom stereocenters. The highest BCUT2D eigenvalue weighted by Gasteiger charge is 2.25. The molecule has 26 heavy (non-hydrogen) atoms. The fourth-order valence-corrected chi connectivity index (χ4v) is 3.49. The van der Waals surface area contributed by atoms with E-state index in [2.05, 4.69) is 9.88 Å². The summed E-state index contributed by atoms with van der Waals surface area (Å²) in [6.07, 6.45) is 6.35. The molecule has 0 atom stereocenters. The van der Waals surface area contributed by atoms with Gasteiger partial charge in [0.05, 0.1) is 12.2 Å². The van der Waals surface area contributed by atoms with Crippen molar-refractivity contribution in [2.75, 3.05) is 50.8 Å². The molecule has 0 aliphatic carbocycles. The van der Waals surface area contributed by atoms with Gasteiger partial charge in [-0.2, -0.15) is 0 Å². The van der Waals surface area contributed by atoms with Gasteiger partial charge in [0.15, 0.2) is 0 Å². The number of hydrogen-bond acceptors (Lipinski definition) is 5. The van der Waals surface area contributed by atoms with E-state index in [0.717, 1.165) is 18.9 Å². The molecule has 0 N–H and O–H groups in total. The summed E-state index contributed by atoms with van der Waals surface area (Å²) < 4.78 is 5.01. The molecule has 2 amide bonds. The summed E-state index contributed by atoms with van der Waals surface area (Å²) in [7, 11) is 0. The normalized spacial score (nSPS) is 18.4. The van der Waals surface area contributed by atoms with Crippen molar-refractivity contribution in [1.82, 2.24) is 14.8 Å². The average Bonchev–Trinajstić information content (AvgIpc) is 2.97. The van der Waals surface area contributed by atoms with Crippen molar-refractivity contribution in [2.45, 2.75) is 32.6 Å². The predicted molar refractivity (Wildman–Crippen MR) is 99.4 cm³/mol. The van der Waals surface area contributed by atoms with Gasteiger partial charge < -0.3 is 19.4 Å². The topological polar surface area (TPSA) is 66.0 Å². The van der Waals surface area contributed by atoms with Crippen LogP contribution in [0.3, 0.4) is 0 Å². The molecule has 0 aromatic carbocycles. The Bertz CT molecular complexity index is 604. The minimum atomic E-state index is -0.303. The number of rotatable bonds is 3. The summed E-state index contributed by atoms with van der Waals surface area (Å²) in [5.74, 6) is 0.930. The van der Waals surface area contributed by atoms with E-state index >= 15 is 0 Å². The molecule has 0 spiro atoms. The molecular weight excluding hydrogens is 332 g/mol. The first-order chi connectivity index (χ1) is 12.7. The largest absolute Gasteiger partial charge is 0.450 e. The van der Waals surface area contributed by atoms with Gasteiger partial charge in [-0.05, 0) is 31.9 Å². The third-order valence-corrected chi connectivity index (χ3v) is 5.02. The number of ether oxygens (including phenoxy) is 1. The molecule has 0 bridgehead atoms. The van der Waals surface area contributed by atoms with Gasteiger partial charge in [-0.3, -0.25) is 4.79 Å². The minimum absolute atomic E-state index is 0.0246. The average molecular weight is 360 g/mol. The Morgan fingerprint density at radius 1 is 0.962 bits per heavy atom. The van der Waals surface area contributed by atoms with E-state index in [0.29, 0.717) is 38.3 Å². The van der Waals surface area contributed by atoms with E-state index in [4.69, 9.17) is 4.74 Å². The molecule has 7 heteroatoms. The molecule has 3 heterocycles. The van der Waals surface area contributed by atoms with Crippen LogP contribution in [0.25, 0.3) is 0 Å². The SMILES string of the molecule is CCOC(=O)N1CCN(C(=O)c2ccc(N3CCCCCC3)nc2)CC1. The maximum absolute atomic E-state index is 12.7. The molecular formula is C19H28N4O3. The van der Waals surface area contributed by atoms with Gasteiger partial charge in [-0.25, -0.2) is 9.78 Å². The van der Waals surface area contributed by atoms with E-state index in [1.807, 2.05) is 12.1 Å². The summed E-state index contributed by atoms with van der Waals surface area (Å²) in [5.41, 5.74) is 0.605. The van der Waals surface area contributed by atoms with Crippen molar-refractivity contribution in [3.8, 4) is 0 Å². The Hall–Kier alpha value is -2.31. The van der Waals surface area contributed by atoms with E-state index in [-0.39, 0.29) is 12.0 Å². The minimum Gasteiger partial charge on any atom is -0.450 e. The molecule has 1 aromatic heterocycles. The monoisotopic (exact) mass is 360 g/mol. The standard InChI is InChI=1S/C19H28N4O3/c1-2-26-19(25)23-13-11-22(12-14-23)18(24)16-7-8-17(20-15-16)21-9-5-3-4-6-10-21/h7-8,15H,2-6,9-14H2,1H3. The summed E-state index contributed by atoms with van der Waals surface area (Å²) in [6, 6.07) is 3.82. The Balaban J connectivity index is 1.56. The summed E-state index contributed by atoms with van der Waals surface area (Å²) in [5, 5.41) is 0. The lowest BCUT2D eigenvalue weighted by Gasteiger charge is -2.34. The summed E-state index contributed by atoms with van der Waals surface area (Å²) in [4.78, 5) is 34.7. The zero-order valence-electron chi connectivity index (χ0n) is 15.5. The Morgan fingerprint density at radius 2 is 1.62 bits per heavy atom. The van der Waals surface area contributed by atoms with Gasteiger partial charge in [-0.15, -0.1) is 0 Å². The van der Waals surface area contributed by atoms with Crippen molar-refractivity contribution in [3.05, 3.63) is 23.9 Å². The van der Waals surface area contributed by atoms with Crippen LogP contribution in [0.5, 0.6) is 0 Å². The first kappa shape index (κ1) is 18.5. The zero-order valence-corrected chi connectivity index (χ0v) is 15.5. The molecule has 0 radical (unpaired) electrons. The fraction of sp³-hybridized carbons (Fsp3) is 0.632. The Labute approximate surface area is 154 Å². The first-order valence-electron chi connectivity index (χ1n) is 9.61. The lowest BCUT2D eigenvalue weighted by molar-refractivity contribution is 0.0570. The molecule has 2 saturated heterocycles. The van der Waals surface area contributed by atoms with Crippen LogP contribution < -0.4 is 4.90 Å². The number of anilines is 1. The molecule has 7 nitrogen and oxygen atoms in total. The van der Waals surface area contributed by atoms with Crippen LogP contribution in [0.15, 0.2) is 18.3 Å². The van der Waals surface area contributed by atoms with Crippen LogP contribution in [0, 0.1) is 0 Å². The number of hydrogen-bond donors (Lipinski definition) is 0. The number of amides is 2. The molecule has 1 aromatic rings. The van der Waals surface area contributed by atoms with Gasteiger partial charge in [-0.1, -0.05) is 12.8 Å². The predicted octanol–water partition coefficient (Wildman–Crippen LogP) is 2.38. The van der Waals surface area contributed by atoms with Crippen LogP contribution in [0.4, 0.5) is 10.6 Å². The third-order valence-electron chi connectivity index (χ3n) is 5.02. The highest BCUT2D eigenvalue weighted by Crippen LogP contribution is 2.18. The molecule has 2 aliphatic rings. The smallest absolute Gasteiger partial charge is 0.409 e. The van der Waals surface area contributed by atoms with Crippen molar-refractivity contribution in [1.29, 1.82) is 0 Å². The van der Waals surface area contributed by atoms with Crippen molar-refractivity contribution >= 4 is 17.8 Å². The molecule has 2 aliphatic heterocycles. The van der Waals surface area contributed by atoms with Crippen LogP contribution in [0.1, 0.15) is 43.0 Å². The van der Waals surface area contributed by atoms with Crippen LogP contribution >= 0.6 is 0 Å². The van der Waals surface area contributed by atoms with E-state index in [1.165, 1.54) is 25.7 Å². The maximum Gasteiger partial charge on any atom is 0.409 e. The number of carbonyl (C=O) groups excluding carboxylic acids is 2. The lowest BCUT2D eigenvalue weighted by atomic mass is 10.2. The van der Waals surface area contributed by atoms with Crippen LogP contribution in [0.2, 0.25) is 0 Å². The van der Waals surface area contributed by atoms with Gasteiger partial charge in [0.25, 0.3) is 5.91 Å². The molecule has 2 fully saturated rings. The van der Waals surface area contributed by atoms with Gasteiger partial charge in [0.1, 0.15) is 5.82 Å². The fourth-order valence-electron chi connectivity index (χ4n) is 3.49. The van der Waals surface area contributed by atoms with Crippen molar-refractivity contribution < 1.29 is 14.3 Å². The Kier molecular flexibility index (Phi) is 6.30. The third kappa shape index (κ3) is 4.45. The van der Waals surface area contributed by atoms with Crippen LogP contribution in [-0.4, -0.2) is 72.7 Å². The van der Waals surface area contributed by atoms with Crippen LogP contribution in [-0.2, 0) is 4.74 Å². The van der Waals surface area contributed by atoms with E-state index < -0.39 is 0 Å². The number of nitrogens with zero attached hydrogens (tertiary/aromatic N) is 4. The first-order valence-corrected chi connectivity index (χ1v) is 9.61. The second-order valence-electron chi connectivity index (χ2n) is 6.78. The lowest BCUT2D eigenvalue weighted by Crippen LogP contribution is -2.50. The molecule has 3 rings (SSSR count). The number of piperazine rings is 1. The highest BCUT2D eigenvalue weighted by molar-refractivity contribution is 5.94. The molecule has 142 valence electrons. The second kappa shape index (κ2) is 8.87. The maximum atomic E-state index is 12.7. The zero-order chi connectivity index (χ0) is 18.4. The second-order valence-corrected chi connectivity index (χ2v) is 6.78. The number of carbonyl (C=O) groups is 2.